The minimum absolute atomic E-state index is 0.0216. The summed E-state index contributed by atoms with van der Waals surface area (Å²) in [5.41, 5.74) is 2.06. The zero-order valence-electron chi connectivity index (χ0n) is 17.0. The first-order valence-corrected chi connectivity index (χ1v) is 10.7. The number of hydrogen-bond donors (Lipinski definition) is 1. The first-order chi connectivity index (χ1) is 15.2. The highest BCUT2D eigenvalue weighted by atomic mass is 32.2. The van der Waals surface area contributed by atoms with Crippen molar-refractivity contribution in [2.45, 2.75) is 30.7 Å². The Morgan fingerprint density at radius 2 is 2.00 bits per heavy atom. The Morgan fingerprint density at radius 1 is 1.22 bits per heavy atom. The predicted molar refractivity (Wildman–Crippen MR) is 116 cm³/mol. The molecule has 2 amide bonds. The molecule has 0 aliphatic carbocycles. The molecule has 0 fully saturated rings. The number of anilines is 2. The fourth-order valence-corrected chi connectivity index (χ4v) is 4.39. The summed E-state index contributed by atoms with van der Waals surface area (Å²) < 4.78 is 43.3. The fraction of sp³-hybridized carbons (Fsp3) is 0.227. The molecule has 1 aliphatic rings. The Morgan fingerprint density at radius 3 is 2.75 bits per heavy atom. The summed E-state index contributed by atoms with van der Waals surface area (Å²) >= 11 is 1.04. The van der Waals surface area contributed by atoms with Gasteiger partial charge in [-0.1, -0.05) is 36.0 Å². The maximum atomic E-state index is 13.8. The van der Waals surface area contributed by atoms with Gasteiger partial charge in [-0.05, 0) is 36.8 Å². The molecule has 166 valence electrons. The third-order valence-electron chi connectivity index (χ3n) is 4.99. The number of carbonyl (C=O) groups excluding carboxylic acids is 2. The maximum Gasteiger partial charge on any atom is 0.409 e. The van der Waals surface area contributed by atoms with Gasteiger partial charge in [0.15, 0.2) is 5.16 Å². The maximum absolute atomic E-state index is 13.8. The fourth-order valence-electron chi connectivity index (χ4n) is 3.56. The van der Waals surface area contributed by atoms with Crippen LogP contribution in [-0.2, 0) is 9.59 Å². The molecule has 1 atom stereocenters. The highest BCUT2D eigenvalue weighted by molar-refractivity contribution is 7.99. The molecule has 2 heterocycles. The van der Waals surface area contributed by atoms with E-state index in [-0.39, 0.29) is 17.1 Å². The number of aromatic nitrogens is 2. The zero-order valence-corrected chi connectivity index (χ0v) is 17.8. The van der Waals surface area contributed by atoms with Crippen molar-refractivity contribution in [1.29, 1.82) is 0 Å². The first kappa shape index (κ1) is 21.9. The second-order valence-corrected chi connectivity index (χ2v) is 8.24. The third kappa shape index (κ3) is 4.50. The number of aryl methyl sites for hydroxylation is 1. The molecular formula is C22H19F3N4O2S. The van der Waals surface area contributed by atoms with E-state index in [1.165, 1.54) is 18.2 Å². The number of para-hydroxylation sites is 2. The Hall–Kier alpha value is -3.27. The summed E-state index contributed by atoms with van der Waals surface area (Å²) in [4.78, 5) is 30.1. The number of nitrogens with one attached hydrogen (secondary N) is 1. The molecule has 1 unspecified atom stereocenters. The van der Waals surface area contributed by atoms with Gasteiger partial charge in [0.2, 0.25) is 11.8 Å². The van der Waals surface area contributed by atoms with Crippen LogP contribution in [0.1, 0.15) is 12.0 Å². The van der Waals surface area contributed by atoms with Gasteiger partial charge < -0.3 is 5.32 Å². The normalized spacial score (nSPS) is 16.3. The van der Waals surface area contributed by atoms with E-state index in [2.05, 4.69) is 10.3 Å². The molecule has 0 saturated carbocycles. The summed E-state index contributed by atoms with van der Waals surface area (Å²) in [6, 6.07) is 11.4. The summed E-state index contributed by atoms with van der Waals surface area (Å²) in [7, 11) is 0. The van der Waals surface area contributed by atoms with Crippen molar-refractivity contribution in [1.82, 2.24) is 9.55 Å². The van der Waals surface area contributed by atoms with Gasteiger partial charge in [-0.2, -0.15) is 13.2 Å². The standard InChI is InChI=1S/C22H19F3N4O2S/c1-14-5-4-6-15(11-14)28-10-9-26-21(28)32-13-20(31)29-17-8-3-2-7-16(17)27-19(30)12-18(29)22(23,24)25/h2-11,18H,12-13H2,1H3,(H,27,30). The molecule has 4 rings (SSSR count). The lowest BCUT2D eigenvalue weighted by atomic mass is 10.1. The van der Waals surface area contributed by atoms with E-state index in [9.17, 15) is 22.8 Å². The highest BCUT2D eigenvalue weighted by Crippen LogP contribution is 2.38. The molecule has 32 heavy (non-hydrogen) atoms. The molecule has 0 spiro atoms. The van der Waals surface area contributed by atoms with E-state index in [0.29, 0.717) is 10.1 Å². The Labute approximate surface area is 186 Å². The van der Waals surface area contributed by atoms with Crippen LogP contribution in [0, 0.1) is 6.92 Å². The predicted octanol–water partition coefficient (Wildman–Crippen LogP) is 4.58. The van der Waals surface area contributed by atoms with Crippen LogP contribution in [0.25, 0.3) is 5.69 Å². The number of rotatable bonds is 4. The number of carbonyl (C=O) groups is 2. The number of hydrogen-bond acceptors (Lipinski definition) is 4. The number of alkyl halides is 3. The number of amides is 2. The van der Waals surface area contributed by atoms with Crippen LogP contribution in [0.15, 0.2) is 66.1 Å². The van der Waals surface area contributed by atoms with Gasteiger partial charge in [-0.3, -0.25) is 19.1 Å². The molecule has 0 radical (unpaired) electrons. The van der Waals surface area contributed by atoms with Crippen LogP contribution in [0.5, 0.6) is 0 Å². The van der Waals surface area contributed by atoms with Crippen LogP contribution >= 0.6 is 11.8 Å². The van der Waals surface area contributed by atoms with E-state index in [0.717, 1.165) is 23.0 Å². The van der Waals surface area contributed by atoms with Gasteiger partial charge in [0.25, 0.3) is 0 Å². The quantitative estimate of drug-likeness (QED) is 0.579. The van der Waals surface area contributed by atoms with E-state index < -0.39 is 30.5 Å². The van der Waals surface area contributed by atoms with Crippen molar-refractivity contribution in [2.24, 2.45) is 0 Å². The van der Waals surface area contributed by atoms with Crippen molar-refractivity contribution < 1.29 is 22.8 Å². The van der Waals surface area contributed by atoms with Gasteiger partial charge in [-0.25, -0.2) is 4.98 Å². The molecule has 0 saturated heterocycles. The number of fused-ring (bicyclic) bond motifs is 1. The average Bonchev–Trinajstić information content (AvgIpc) is 3.14. The molecular weight excluding hydrogens is 441 g/mol. The number of imidazole rings is 1. The molecule has 3 aromatic rings. The molecule has 10 heteroatoms. The van der Waals surface area contributed by atoms with Gasteiger partial charge in [0, 0.05) is 18.1 Å². The van der Waals surface area contributed by atoms with Gasteiger partial charge >= 0.3 is 6.18 Å². The molecule has 1 aromatic heterocycles. The van der Waals surface area contributed by atoms with Crippen LogP contribution in [0.4, 0.5) is 24.5 Å². The summed E-state index contributed by atoms with van der Waals surface area (Å²) in [6.07, 6.45) is -2.34. The lowest BCUT2D eigenvalue weighted by molar-refractivity contribution is -0.157. The minimum Gasteiger partial charge on any atom is -0.324 e. The van der Waals surface area contributed by atoms with Gasteiger partial charge in [0.1, 0.15) is 6.04 Å². The Kier molecular flexibility index (Phi) is 5.96. The SMILES string of the molecule is Cc1cccc(-n2ccnc2SCC(=O)N2c3ccccc3NC(=O)CC2C(F)(F)F)c1. The van der Waals surface area contributed by atoms with Gasteiger partial charge in [-0.15, -0.1) is 0 Å². The number of halogens is 3. The van der Waals surface area contributed by atoms with E-state index in [1.54, 1.807) is 23.0 Å². The van der Waals surface area contributed by atoms with Crippen molar-refractivity contribution in [3.05, 3.63) is 66.5 Å². The van der Waals surface area contributed by atoms with E-state index in [1.807, 2.05) is 31.2 Å². The average molecular weight is 460 g/mol. The van der Waals surface area contributed by atoms with Crippen LogP contribution in [-0.4, -0.2) is 39.3 Å². The number of benzene rings is 2. The zero-order chi connectivity index (χ0) is 22.9. The van der Waals surface area contributed by atoms with Crippen molar-refractivity contribution in [2.75, 3.05) is 16.0 Å². The second-order valence-electron chi connectivity index (χ2n) is 7.30. The monoisotopic (exact) mass is 460 g/mol. The lowest BCUT2D eigenvalue weighted by Gasteiger charge is -2.31. The Bertz CT molecular complexity index is 1160. The van der Waals surface area contributed by atoms with Crippen LogP contribution < -0.4 is 10.2 Å². The summed E-state index contributed by atoms with van der Waals surface area (Å²) in [6.45, 7) is 1.94. The third-order valence-corrected chi connectivity index (χ3v) is 5.94. The molecule has 0 bridgehead atoms. The smallest absolute Gasteiger partial charge is 0.324 e. The first-order valence-electron chi connectivity index (χ1n) is 9.75. The largest absolute Gasteiger partial charge is 0.409 e. The van der Waals surface area contributed by atoms with Crippen LogP contribution in [0.2, 0.25) is 0 Å². The topological polar surface area (TPSA) is 67.2 Å². The minimum atomic E-state index is -4.77. The lowest BCUT2D eigenvalue weighted by Crippen LogP contribution is -2.50. The molecule has 2 aromatic carbocycles. The number of thioether (sulfide) groups is 1. The van der Waals surface area contributed by atoms with Crippen molar-refractivity contribution >= 4 is 35.0 Å². The van der Waals surface area contributed by atoms with Crippen molar-refractivity contribution in [3.63, 3.8) is 0 Å². The molecule has 1 aliphatic heterocycles. The molecule has 1 N–H and O–H groups in total. The second kappa shape index (κ2) is 8.70. The van der Waals surface area contributed by atoms with Gasteiger partial charge in [0.05, 0.1) is 23.5 Å². The van der Waals surface area contributed by atoms with Crippen molar-refractivity contribution in [3.8, 4) is 5.69 Å². The summed E-state index contributed by atoms with van der Waals surface area (Å²) in [5, 5.41) is 2.94. The van der Waals surface area contributed by atoms with E-state index in [4.69, 9.17) is 0 Å². The molecule has 6 nitrogen and oxygen atoms in total. The Balaban J connectivity index is 1.62. The van der Waals surface area contributed by atoms with Crippen LogP contribution in [0.3, 0.4) is 0 Å². The van der Waals surface area contributed by atoms with E-state index >= 15 is 0 Å². The number of nitrogens with zero attached hydrogens (tertiary/aromatic N) is 3. The highest BCUT2D eigenvalue weighted by Gasteiger charge is 2.48. The summed E-state index contributed by atoms with van der Waals surface area (Å²) in [5.74, 6) is -1.84.